The molecular weight excluding hydrogens is 1140 g/mol. The Hall–Kier alpha value is -3.79. The number of cyclic esters (lactones) is 3. The quantitative estimate of drug-likeness (QED) is 0.0221. The number of hydrogen-bond acceptors (Lipinski definition) is 19. The van der Waals surface area contributed by atoms with Crippen LogP contribution in [0, 0.1) is 75.4 Å². The van der Waals surface area contributed by atoms with Crippen LogP contribution in [0.4, 0.5) is 4.79 Å². The van der Waals surface area contributed by atoms with Crippen LogP contribution in [0.15, 0.2) is 36.5 Å². The van der Waals surface area contributed by atoms with E-state index in [1.807, 2.05) is 27.4 Å². The molecule has 0 radical (unpaired) electrons. The molecule has 19 nitrogen and oxygen atoms in total. The second-order valence-electron chi connectivity index (χ2n) is 26.9. The molecule has 0 aromatic rings. The normalized spacial score (nSPS) is 40.2. The fraction of sp³-hybridized carbons (Fsp3) is 0.821. The first-order chi connectivity index (χ1) is 41.0. The molecule has 6 aliphatic carbocycles. The first-order valence-corrected chi connectivity index (χ1v) is 32.2. The summed E-state index contributed by atoms with van der Waals surface area (Å²) in [5.41, 5.74) is -2.62. The van der Waals surface area contributed by atoms with Crippen molar-refractivity contribution in [1.29, 1.82) is 0 Å². The molecule has 0 bridgehead atoms. The third-order valence-corrected chi connectivity index (χ3v) is 22.0. The van der Waals surface area contributed by atoms with E-state index in [1.165, 1.54) is 91.3 Å². The first-order valence-electron chi connectivity index (χ1n) is 31.9. The lowest BCUT2D eigenvalue weighted by molar-refractivity contribution is -0.262. The number of methoxy groups -OCH3 is 4. The van der Waals surface area contributed by atoms with Gasteiger partial charge in [0.05, 0.1) is 32.5 Å². The molecule has 8 unspecified atom stereocenters. The van der Waals surface area contributed by atoms with Gasteiger partial charge in [0.2, 0.25) is 18.9 Å². The van der Waals surface area contributed by atoms with Gasteiger partial charge in [0.1, 0.15) is 18.3 Å². The van der Waals surface area contributed by atoms with Crippen molar-refractivity contribution in [2.75, 3.05) is 35.5 Å². The van der Waals surface area contributed by atoms with Gasteiger partial charge in [0.25, 0.3) is 0 Å². The van der Waals surface area contributed by atoms with Gasteiger partial charge in [-0.05, 0) is 194 Å². The van der Waals surface area contributed by atoms with E-state index in [0.29, 0.717) is 71.1 Å². The van der Waals surface area contributed by atoms with Gasteiger partial charge in [-0.2, -0.15) is 4.89 Å². The molecule has 9 fully saturated rings. The summed E-state index contributed by atoms with van der Waals surface area (Å²) in [7, 11) is 8.00. The van der Waals surface area contributed by atoms with Gasteiger partial charge in [-0.15, -0.1) is 0 Å². The predicted molar refractivity (Wildman–Crippen MR) is 325 cm³/mol. The second-order valence-corrected chi connectivity index (χ2v) is 27.2. The van der Waals surface area contributed by atoms with Crippen molar-refractivity contribution in [2.45, 2.75) is 240 Å². The van der Waals surface area contributed by atoms with Crippen LogP contribution in [-0.4, -0.2) is 137 Å². The summed E-state index contributed by atoms with van der Waals surface area (Å²) in [4.78, 5) is 76.6. The highest BCUT2D eigenvalue weighted by atomic mass is 35.5. The van der Waals surface area contributed by atoms with Crippen molar-refractivity contribution >= 4 is 47.2 Å². The third kappa shape index (κ3) is 17.2. The van der Waals surface area contributed by atoms with Crippen LogP contribution in [-0.2, 0) is 81.1 Å². The highest BCUT2D eigenvalue weighted by Crippen LogP contribution is 2.61. The minimum Gasteiger partial charge on any atom is -0.457 e. The number of rotatable bonds is 16. The summed E-state index contributed by atoms with van der Waals surface area (Å²) in [6, 6.07) is 0. The molecule has 0 aromatic carbocycles. The van der Waals surface area contributed by atoms with Gasteiger partial charge >= 0.3 is 29.3 Å². The average molecular weight is 1250 g/mol. The number of ether oxygens (including phenoxy) is 10. The molecule has 0 amide bonds. The third-order valence-electron chi connectivity index (χ3n) is 21.8. The highest BCUT2D eigenvalue weighted by molar-refractivity contribution is 6.61. The zero-order valence-electron chi connectivity index (χ0n) is 55.2. The SMILES string of the molecule is COC(=O)Cl.COC1CCC[C@@]2(C)C1CC[C@@H]2[C@H](C)/C=C/C(O)[C@@]1(C)O[C@H](C)OC1=O.COC1CCC[C@@]2(C)C1CC[C@@H]2[C@H](C)/C=C/C=O.COOC(=O)C(/C=C/[C@@H](C)[C@H]1CCC2C(OC)CCC[C@@]21C)[C@@]1(C)O[C@H](C)OC1=O.C[C@@H]1OC(=O)[C@H](C)O1. The Morgan fingerprint density at radius 2 is 0.954 bits per heavy atom. The molecule has 9 aliphatic rings. The minimum absolute atomic E-state index is 0.215. The fourth-order valence-electron chi connectivity index (χ4n) is 17.3. The summed E-state index contributed by atoms with van der Waals surface area (Å²) in [6.45, 7) is 23.7. The van der Waals surface area contributed by atoms with Gasteiger partial charge < -0.3 is 52.5 Å². The highest BCUT2D eigenvalue weighted by Gasteiger charge is 2.57. The largest absolute Gasteiger partial charge is 0.457 e. The zero-order valence-corrected chi connectivity index (χ0v) is 56.0. The van der Waals surface area contributed by atoms with E-state index in [-0.39, 0.29) is 35.1 Å². The zero-order chi connectivity index (χ0) is 64.8. The van der Waals surface area contributed by atoms with E-state index >= 15 is 0 Å². The van der Waals surface area contributed by atoms with Gasteiger partial charge in [-0.1, -0.05) is 91.2 Å². The molecule has 6 saturated carbocycles. The number of aliphatic hydroxyl groups excluding tert-OH is 1. The lowest BCUT2D eigenvalue weighted by Gasteiger charge is -2.45. The Labute approximate surface area is 523 Å². The number of esters is 3. The summed E-state index contributed by atoms with van der Waals surface area (Å²) in [5, 5.41) is 10.5. The molecule has 496 valence electrons. The Balaban J connectivity index is 0.000000219. The lowest BCUT2D eigenvalue weighted by Crippen LogP contribution is -2.45. The summed E-state index contributed by atoms with van der Waals surface area (Å²) in [6.07, 6.45) is 28.5. The van der Waals surface area contributed by atoms with Crippen LogP contribution in [0.25, 0.3) is 0 Å². The number of allylic oxidation sites excluding steroid dienone is 4. The number of fused-ring (bicyclic) bond motifs is 3. The second kappa shape index (κ2) is 32.5. The number of carbonyl (C=O) groups excluding carboxylic acids is 6. The molecule has 1 N–H and O–H groups in total. The Kier molecular flexibility index (Phi) is 27.6. The van der Waals surface area contributed by atoms with Crippen LogP contribution in [0.5, 0.6) is 0 Å². The van der Waals surface area contributed by atoms with Gasteiger partial charge in [0.15, 0.2) is 17.3 Å². The monoisotopic (exact) mass is 1250 g/mol. The molecule has 3 saturated heterocycles. The molecule has 20 heteroatoms. The Bertz CT molecular complexity index is 2360. The van der Waals surface area contributed by atoms with Crippen molar-refractivity contribution in [3.8, 4) is 0 Å². The molecule has 3 aliphatic heterocycles. The first kappa shape index (κ1) is 73.9. The number of carbonyl (C=O) groups is 6. The Morgan fingerprint density at radius 3 is 1.26 bits per heavy atom. The van der Waals surface area contributed by atoms with Crippen LogP contribution in [0.3, 0.4) is 0 Å². The average Bonchev–Trinajstić information content (AvgIpc) is 2.08. The van der Waals surface area contributed by atoms with E-state index in [4.69, 9.17) is 42.8 Å². The van der Waals surface area contributed by atoms with Gasteiger partial charge in [0, 0.05) is 32.9 Å². The van der Waals surface area contributed by atoms with E-state index in [9.17, 15) is 33.9 Å². The van der Waals surface area contributed by atoms with Gasteiger partial charge in [-0.3, -0.25) is 9.68 Å². The maximum atomic E-state index is 12.6. The summed E-state index contributed by atoms with van der Waals surface area (Å²) >= 11 is 4.60. The van der Waals surface area contributed by atoms with Crippen molar-refractivity contribution < 1.29 is 91.0 Å². The maximum absolute atomic E-state index is 12.6. The predicted octanol–water partition coefficient (Wildman–Crippen LogP) is 12.2. The Morgan fingerprint density at radius 1 is 0.563 bits per heavy atom. The van der Waals surface area contributed by atoms with E-state index < -0.39 is 59.1 Å². The number of hydrogen-bond donors (Lipinski definition) is 1. The minimum atomic E-state index is -1.45. The van der Waals surface area contributed by atoms with Crippen molar-refractivity contribution in [2.24, 2.45) is 75.4 Å². The van der Waals surface area contributed by atoms with Crippen LogP contribution >= 0.6 is 11.6 Å². The fourth-order valence-corrected chi connectivity index (χ4v) is 17.3. The van der Waals surface area contributed by atoms with Gasteiger partial charge in [-0.25, -0.2) is 24.0 Å². The molecule has 9 rings (SSSR count). The smallest absolute Gasteiger partial charge is 0.403 e. The van der Waals surface area contributed by atoms with Crippen LogP contribution in [0.2, 0.25) is 0 Å². The lowest BCUT2D eigenvalue weighted by atomic mass is 9.61. The van der Waals surface area contributed by atoms with Crippen LogP contribution in [0.1, 0.15) is 179 Å². The summed E-state index contributed by atoms with van der Waals surface area (Å²) in [5.74, 6) is 1.74. The number of halogens is 1. The van der Waals surface area contributed by atoms with E-state index in [1.54, 1.807) is 59.8 Å². The standard InChI is InChI=1S/C23H36O7.C21H34O5.C16H26O2.C5H8O3.C2H3ClO2/c1-14(16-11-12-17-19(26-5)8-7-13-22(16,17)3)9-10-18(20(24)30-27-6)23(4)21(25)28-15(2)29-23;1-13(8-11-18(22)21(4)19(23)25-14(2)26-21)15-9-10-16-17(24-5)7-6-12-20(15,16)3;1-12(6-5-11-17)13-8-9-14-15(18-3)7-4-10-16(13,14)2;1-3-5(6)8-4(2)7-3;1-5-2(3)4/h9-10,14-19H,7-8,11-13H2,1-6H3;8,11,13-18,22H,6-7,9-10,12H2,1-5H3;5-6,11-15H,4,7-10H2,1-3H3;3-4H,1-2H3;1H3/b10-9+;11-8+;6-5+;;/t14-,15-,16-,17?,18?,19?,22-,23-;13-,14-,15-,16?,17?,18?,20-,21-;12-,13-,14?,15?,16-;3-,4-;/m1110./s1. The molecular formula is C67H107ClO19. The topological polar surface area (TPSA) is 233 Å². The van der Waals surface area contributed by atoms with E-state index in [0.717, 1.165) is 25.5 Å². The molecule has 0 spiro atoms. The maximum Gasteiger partial charge on any atom is 0.403 e. The van der Waals surface area contributed by atoms with Crippen molar-refractivity contribution in [3.63, 3.8) is 0 Å². The number of aliphatic hydroxyl groups is 1. The summed E-state index contributed by atoms with van der Waals surface area (Å²) < 4.78 is 52.1. The molecule has 3 heterocycles. The van der Waals surface area contributed by atoms with Crippen LogP contribution < -0.4 is 0 Å². The van der Waals surface area contributed by atoms with Crippen molar-refractivity contribution in [1.82, 2.24) is 0 Å². The molecule has 87 heavy (non-hydrogen) atoms. The van der Waals surface area contributed by atoms with E-state index in [2.05, 4.69) is 79.7 Å². The molecule has 0 aromatic heterocycles. The molecule has 23 atom stereocenters. The number of aldehydes is 1. The van der Waals surface area contributed by atoms with Crippen molar-refractivity contribution in [3.05, 3.63) is 36.5 Å².